The Kier molecular flexibility index (Phi) is 5.22. The van der Waals surface area contributed by atoms with Gasteiger partial charge < -0.3 is 0 Å². The van der Waals surface area contributed by atoms with Gasteiger partial charge in [-0.25, -0.2) is 4.39 Å². The molecule has 0 fully saturated rings. The van der Waals surface area contributed by atoms with Crippen LogP contribution in [0.25, 0.3) is 0 Å². The van der Waals surface area contributed by atoms with Gasteiger partial charge in [0.05, 0.1) is 5.03 Å². The normalized spacial score (nSPS) is 14.4. The largest absolute Gasteiger partial charge is 0.206 e. The summed E-state index contributed by atoms with van der Waals surface area (Å²) in [5.41, 5.74) is 0. The molecule has 0 aromatic rings. The average Bonchev–Trinajstić information content (AvgIpc) is 1.86. The lowest BCUT2D eigenvalue weighted by atomic mass is 10.2. The molecule has 0 saturated carbocycles. The standard InChI is InChI=1S/C9H14ClF/c1-4-5-8(10)9(11)6-7(2)3/h5-7H,4H2,1-3H3/b8-5+,9-6+. The molecule has 0 rings (SSSR count). The van der Waals surface area contributed by atoms with Gasteiger partial charge in [0.1, 0.15) is 5.83 Å². The quantitative estimate of drug-likeness (QED) is 0.570. The first kappa shape index (κ1) is 10.7. The van der Waals surface area contributed by atoms with E-state index in [0.717, 1.165) is 6.42 Å². The molecular formula is C9H14ClF. The van der Waals surface area contributed by atoms with Gasteiger partial charge in [-0.05, 0) is 18.4 Å². The summed E-state index contributed by atoms with van der Waals surface area (Å²) in [5, 5.41) is 0.223. The van der Waals surface area contributed by atoms with Crippen LogP contribution in [0.1, 0.15) is 27.2 Å². The average molecular weight is 177 g/mol. The number of rotatable bonds is 3. The maximum atomic E-state index is 12.9. The maximum Gasteiger partial charge on any atom is 0.137 e. The predicted octanol–water partition coefficient (Wildman–Crippen LogP) is 4.03. The van der Waals surface area contributed by atoms with E-state index in [1.165, 1.54) is 6.08 Å². The highest BCUT2D eigenvalue weighted by Gasteiger charge is 1.99. The van der Waals surface area contributed by atoms with Crippen LogP contribution in [0, 0.1) is 5.92 Å². The van der Waals surface area contributed by atoms with Crippen molar-refractivity contribution in [3.05, 3.63) is 23.0 Å². The van der Waals surface area contributed by atoms with Crippen LogP contribution >= 0.6 is 11.6 Å². The van der Waals surface area contributed by atoms with E-state index in [0.29, 0.717) is 0 Å². The molecule has 0 bridgehead atoms. The van der Waals surface area contributed by atoms with Gasteiger partial charge in [0.2, 0.25) is 0 Å². The zero-order valence-electron chi connectivity index (χ0n) is 7.20. The van der Waals surface area contributed by atoms with Crippen LogP contribution in [0.15, 0.2) is 23.0 Å². The number of halogens is 2. The second-order valence-electron chi connectivity index (χ2n) is 2.72. The molecule has 0 unspecified atom stereocenters. The Bertz CT molecular complexity index is 168. The molecule has 0 aromatic heterocycles. The van der Waals surface area contributed by atoms with Crippen molar-refractivity contribution in [1.82, 2.24) is 0 Å². The third-order valence-corrected chi connectivity index (χ3v) is 1.43. The second-order valence-corrected chi connectivity index (χ2v) is 3.13. The van der Waals surface area contributed by atoms with Crippen molar-refractivity contribution in [2.45, 2.75) is 27.2 Å². The molecule has 0 aromatic carbocycles. The summed E-state index contributed by atoms with van der Waals surface area (Å²) in [6.45, 7) is 5.75. The van der Waals surface area contributed by atoms with Gasteiger partial charge >= 0.3 is 0 Å². The molecule has 0 aliphatic carbocycles. The van der Waals surface area contributed by atoms with Crippen molar-refractivity contribution in [1.29, 1.82) is 0 Å². The van der Waals surface area contributed by atoms with Gasteiger partial charge in [-0.3, -0.25) is 0 Å². The van der Waals surface area contributed by atoms with Crippen LogP contribution in [0.3, 0.4) is 0 Å². The van der Waals surface area contributed by atoms with Crippen molar-refractivity contribution < 1.29 is 4.39 Å². The van der Waals surface area contributed by atoms with E-state index in [4.69, 9.17) is 11.6 Å². The molecule has 2 heteroatoms. The van der Waals surface area contributed by atoms with Crippen molar-refractivity contribution in [2.75, 3.05) is 0 Å². The van der Waals surface area contributed by atoms with Crippen molar-refractivity contribution in [3.8, 4) is 0 Å². The van der Waals surface area contributed by atoms with Crippen molar-refractivity contribution in [2.24, 2.45) is 5.92 Å². The van der Waals surface area contributed by atoms with E-state index in [1.54, 1.807) is 6.08 Å². The molecule has 0 saturated heterocycles. The Morgan fingerprint density at radius 3 is 2.45 bits per heavy atom. The van der Waals surface area contributed by atoms with Crippen LogP contribution in [-0.4, -0.2) is 0 Å². The Morgan fingerprint density at radius 2 is 2.09 bits per heavy atom. The van der Waals surface area contributed by atoms with E-state index in [2.05, 4.69) is 0 Å². The lowest BCUT2D eigenvalue weighted by molar-refractivity contribution is 0.639. The van der Waals surface area contributed by atoms with Gasteiger partial charge in [-0.2, -0.15) is 0 Å². The fraction of sp³-hybridized carbons (Fsp3) is 0.556. The maximum absolute atomic E-state index is 12.9. The summed E-state index contributed by atoms with van der Waals surface area (Å²) in [5.74, 6) is -0.113. The van der Waals surface area contributed by atoms with E-state index in [-0.39, 0.29) is 16.8 Å². The summed E-state index contributed by atoms with van der Waals surface area (Å²) in [4.78, 5) is 0. The molecule has 0 spiro atoms. The van der Waals surface area contributed by atoms with E-state index >= 15 is 0 Å². The molecule has 11 heavy (non-hydrogen) atoms. The number of allylic oxidation sites excluding steroid dienone is 4. The third kappa shape index (κ3) is 5.02. The number of hydrogen-bond acceptors (Lipinski definition) is 0. The highest BCUT2D eigenvalue weighted by molar-refractivity contribution is 6.31. The number of hydrogen-bond donors (Lipinski definition) is 0. The SMILES string of the molecule is CC/C=C(Cl)\C(F)=C/C(C)C. The molecule has 64 valence electrons. The minimum Gasteiger partial charge on any atom is -0.206 e. The second kappa shape index (κ2) is 5.36. The minimum atomic E-state index is -0.316. The van der Waals surface area contributed by atoms with Gasteiger partial charge in [-0.1, -0.05) is 38.4 Å². The van der Waals surface area contributed by atoms with Gasteiger partial charge in [-0.15, -0.1) is 0 Å². The Balaban J connectivity index is 4.23. The highest BCUT2D eigenvalue weighted by atomic mass is 35.5. The Morgan fingerprint density at radius 1 is 1.55 bits per heavy atom. The summed E-state index contributed by atoms with van der Waals surface area (Å²) in [6, 6.07) is 0. The summed E-state index contributed by atoms with van der Waals surface area (Å²) in [7, 11) is 0. The first-order chi connectivity index (χ1) is 5.07. The van der Waals surface area contributed by atoms with Gasteiger partial charge in [0.25, 0.3) is 0 Å². The van der Waals surface area contributed by atoms with E-state index in [1.807, 2.05) is 20.8 Å². The van der Waals surface area contributed by atoms with E-state index in [9.17, 15) is 4.39 Å². The third-order valence-electron chi connectivity index (χ3n) is 1.09. The first-order valence-electron chi connectivity index (χ1n) is 3.81. The summed E-state index contributed by atoms with van der Waals surface area (Å²) in [6.07, 6.45) is 3.93. The lowest BCUT2D eigenvalue weighted by Crippen LogP contribution is -1.82. The van der Waals surface area contributed by atoms with Gasteiger partial charge in [0, 0.05) is 0 Å². The first-order valence-corrected chi connectivity index (χ1v) is 4.19. The van der Waals surface area contributed by atoms with Crippen LogP contribution in [0.5, 0.6) is 0 Å². The topological polar surface area (TPSA) is 0 Å². The smallest absolute Gasteiger partial charge is 0.137 e. The van der Waals surface area contributed by atoms with Gasteiger partial charge in [0.15, 0.2) is 0 Å². The molecule has 0 atom stereocenters. The molecule has 0 nitrogen and oxygen atoms in total. The fourth-order valence-electron chi connectivity index (χ4n) is 0.649. The molecule has 0 heterocycles. The lowest BCUT2D eigenvalue weighted by Gasteiger charge is -1.97. The molecule has 0 aliphatic rings. The van der Waals surface area contributed by atoms with Crippen LogP contribution in [0.2, 0.25) is 0 Å². The zero-order chi connectivity index (χ0) is 8.85. The van der Waals surface area contributed by atoms with E-state index < -0.39 is 0 Å². The highest BCUT2D eigenvalue weighted by Crippen LogP contribution is 2.18. The summed E-state index contributed by atoms with van der Waals surface area (Å²) >= 11 is 5.59. The Labute approximate surface area is 72.7 Å². The molecule has 0 amide bonds. The molecular weight excluding hydrogens is 163 g/mol. The molecule has 0 N–H and O–H groups in total. The summed E-state index contributed by atoms with van der Waals surface area (Å²) < 4.78 is 12.9. The minimum absolute atomic E-state index is 0.203. The monoisotopic (exact) mass is 176 g/mol. The zero-order valence-corrected chi connectivity index (χ0v) is 7.95. The van der Waals surface area contributed by atoms with Crippen LogP contribution in [0.4, 0.5) is 4.39 Å². The van der Waals surface area contributed by atoms with Crippen molar-refractivity contribution in [3.63, 3.8) is 0 Å². The predicted molar refractivity (Wildman–Crippen MR) is 48.3 cm³/mol. The Hall–Kier alpha value is -0.300. The van der Waals surface area contributed by atoms with Crippen molar-refractivity contribution >= 4 is 11.6 Å². The fourth-order valence-corrected chi connectivity index (χ4v) is 0.866. The molecule has 0 radical (unpaired) electrons. The van der Waals surface area contributed by atoms with Crippen LogP contribution < -0.4 is 0 Å². The van der Waals surface area contributed by atoms with Crippen LogP contribution in [-0.2, 0) is 0 Å². The molecule has 0 aliphatic heterocycles.